The number of phenolic OH excluding ortho intramolecular Hbond substituents is 1. The number of hydrogen-bond donors (Lipinski definition) is 6. The summed E-state index contributed by atoms with van der Waals surface area (Å²) in [6.45, 7) is 3.56. The van der Waals surface area contributed by atoms with E-state index in [9.17, 15) is 29.4 Å². The number of thioether (sulfide) groups is 1. The second-order valence-electron chi connectivity index (χ2n) is 9.78. The van der Waals surface area contributed by atoms with Gasteiger partial charge in [-0.25, -0.2) is 4.79 Å². The van der Waals surface area contributed by atoms with E-state index in [-0.39, 0.29) is 30.9 Å². The van der Waals surface area contributed by atoms with E-state index < -0.39 is 47.9 Å². The summed E-state index contributed by atoms with van der Waals surface area (Å²) in [5.74, 6) is -2.61. The first-order valence-corrected chi connectivity index (χ1v) is 14.6. The SMILES string of the molecule is CCC(C)C(NC(=O)C(CCSC)NC(=O)C(Cc1ccc(O)cc1)NC(=O)C(N)Cc1ccccc1)C(=O)O. The van der Waals surface area contributed by atoms with Crippen LogP contribution in [0.1, 0.15) is 37.8 Å². The van der Waals surface area contributed by atoms with E-state index in [0.717, 1.165) is 5.56 Å². The number of hydrogen-bond acceptors (Lipinski definition) is 7. The van der Waals surface area contributed by atoms with Crippen molar-refractivity contribution in [2.24, 2.45) is 11.7 Å². The third-order valence-electron chi connectivity index (χ3n) is 6.66. The van der Waals surface area contributed by atoms with Crippen molar-refractivity contribution in [3.05, 3.63) is 65.7 Å². The average Bonchev–Trinajstić information content (AvgIpc) is 2.94. The number of carbonyl (C=O) groups excluding carboxylic acids is 3. The van der Waals surface area contributed by atoms with E-state index in [4.69, 9.17) is 5.73 Å². The molecule has 0 bridgehead atoms. The Morgan fingerprint density at radius 3 is 2.00 bits per heavy atom. The van der Waals surface area contributed by atoms with Crippen LogP contribution < -0.4 is 21.7 Å². The van der Waals surface area contributed by atoms with Crippen molar-refractivity contribution >= 4 is 35.5 Å². The molecule has 0 spiro atoms. The molecule has 0 aliphatic carbocycles. The Kier molecular flexibility index (Phi) is 13.5. The minimum Gasteiger partial charge on any atom is -0.508 e. The van der Waals surface area contributed by atoms with Gasteiger partial charge in [-0.15, -0.1) is 0 Å². The van der Waals surface area contributed by atoms with E-state index in [1.54, 1.807) is 19.1 Å². The first-order chi connectivity index (χ1) is 19.0. The van der Waals surface area contributed by atoms with E-state index >= 15 is 0 Å². The van der Waals surface area contributed by atoms with Gasteiger partial charge in [-0.05, 0) is 54.0 Å². The predicted octanol–water partition coefficient (Wildman–Crippen LogP) is 1.84. The highest BCUT2D eigenvalue weighted by atomic mass is 32.2. The number of benzene rings is 2. The van der Waals surface area contributed by atoms with Crippen LogP contribution in [-0.4, -0.2) is 70.1 Å². The second kappa shape index (κ2) is 16.5. The molecule has 2 aromatic rings. The molecule has 0 heterocycles. The average molecular weight is 573 g/mol. The molecule has 2 aromatic carbocycles. The van der Waals surface area contributed by atoms with Crippen molar-refractivity contribution in [2.45, 2.75) is 63.7 Å². The number of carbonyl (C=O) groups is 4. The molecule has 2 rings (SSSR count). The lowest BCUT2D eigenvalue weighted by molar-refractivity contribution is -0.143. The van der Waals surface area contributed by atoms with Crippen LogP contribution >= 0.6 is 11.8 Å². The maximum absolute atomic E-state index is 13.5. The van der Waals surface area contributed by atoms with Gasteiger partial charge in [0, 0.05) is 6.42 Å². The molecular weight excluding hydrogens is 532 g/mol. The van der Waals surface area contributed by atoms with Gasteiger partial charge in [0.05, 0.1) is 6.04 Å². The van der Waals surface area contributed by atoms with Crippen molar-refractivity contribution < 1.29 is 29.4 Å². The van der Waals surface area contributed by atoms with Gasteiger partial charge in [0.25, 0.3) is 0 Å². The van der Waals surface area contributed by atoms with Crippen LogP contribution in [0.4, 0.5) is 0 Å². The van der Waals surface area contributed by atoms with Gasteiger partial charge in [0.1, 0.15) is 23.9 Å². The Bertz CT molecular complexity index is 1120. The minimum atomic E-state index is -1.15. The normalized spacial score (nSPS) is 14.7. The first kappa shape index (κ1) is 32.6. The largest absolute Gasteiger partial charge is 0.508 e. The predicted molar refractivity (Wildman–Crippen MR) is 156 cm³/mol. The Morgan fingerprint density at radius 2 is 1.43 bits per heavy atom. The minimum absolute atomic E-state index is 0.0572. The maximum atomic E-state index is 13.5. The molecule has 5 atom stereocenters. The lowest BCUT2D eigenvalue weighted by Gasteiger charge is -2.26. The van der Waals surface area contributed by atoms with Gasteiger partial charge in [0.2, 0.25) is 17.7 Å². The van der Waals surface area contributed by atoms with Crippen LogP contribution in [0.2, 0.25) is 0 Å². The van der Waals surface area contributed by atoms with Gasteiger partial charge in [-0.1, -0.05) is 62.7 Å². The number of carboxylic acids is 1. The fourth-order valence-electron chi connectivity index (χ4n) is 4.03. The summed E-state index contributed by atoms with van der Waals surface area (Å²) in [6.07, 6.45) is 3.02. The van der Waals surface area contributed by atoms with E-state index in [1.807, 2.05) is 43.5 Å². The summed E-state index contributed by atoms with van der Waals surface area (Å²) in [5, 5.41) is 27.2. The van der Waals surface area contributed by atoms with Crippen molar-refractivity contribution in [2.75, 3.05) is 12.0 Å². The molecule has 0 aromatic heterocycles. The van der Waals surface area contributed by atoms with E-state index in [1.165, 1.54) is 23.9 Å². The monoisotopic (exact) mass is 572 g/mol. The van der Waals surface area contributed by atoms with Gasteiger partial charge in [0.15, 0.2) is 0 Å². The lowest BCUT2D eigenvalue weighted by atomic mass is 9.98. The Morgan fingerprint density at radius 1 is 0.850 bits per heavy atom. The van der Waals surface area contributed by atoms with Crippen molar-refractivity contribution in [1.29, 1.82) is 0 Å². The highest BCUT2D eigenvalue weighted by molar-refractivity contribution is 7.98. The summed E-state index contributed by atoms with van der Waals surface area (Å²) >= 11 is 1.48. The summed E-state index contributed by atoms with van der Waals surface area (Å²) in [7, 11) is 0. The molecule has 40 heavy (non-hydrogen) atoms. The zero-order valence-electron chi connectivity index (χ0n) is 23.1. The number of carboxylic acid groups (broad SMARTS) is 1. The Balaban J connectivity index is 2.23. The number of rotatable bonds is 16. The molecule has 11 heteroatoms. The van der Waals surface area contributed by atoms with Gasteiger partial charge < -0.3 is 31.9 Å². The third kappa shape index (κ3) is 10.5. The quantitative estimate of drug-likeness (QED) is 0.177. The molecule has 5 unspecified atom stereocenters. The molecule has 218 valence electrons. The molecule has 0 fully saturated rings. The summed E-state index contributed by atoms with van der Waals surface area (Å²) in [6, 6.07) is 11.4. The van der Waals surface area contributed by atoms with Crippen LogP contribution in [0.5, 0.6) is 5.75 Å². The van der Waals surface area contributed by atoms with E-state index in [0.29, 0.717) is 17.7 Å². The number of aromatic hydroxyl groups is 1. The molecule has 0 radical (unpaired) electrons. The number of nitrogens with one attached hydrogen (secondary N) is 3. The molecule has 10 nitrogen and oxygen atoms in total. The standard InChI is InChI=1S/C29H40N4O6S/c1-4-18(2)25(29(38)39)33-27(36)23(14-15-40-3)31-28(37)24(17-20-10-12-21(34)13-11-20)32-26(35)22(30)16-19-8-6-5-7-9-19/h5-13,18,22-25,34H,4,14-17,30H2,1-3H3,(H,31,37)(H,32,35)(H,33,36)(H,38,39). The molecule has 7 N–H and O–H groups in total. The highest BCUT2D eigenvalue weighted by Gasteiger charge is 2.32. The van der Waals surface area contributed by atoms with Crippen LogP contribution in [-0.2, 0) is 32.0 Å². The smallest absolute Gasteiger partial charge is 0.326 e. The highest BCUT2D eigenvalue weighted by Crippen LogP contribution is 2.13. The fourth-order valence-corrected chi connectivity index (χ4v) is 4.50. The van der Waals surface area contributed by atoms with Crippen molar-refractivity contribution in [3.8, 4) is 5.75 Å². The molecule has 0 saturated carbocycles. The lowest BCUT2D eigenvalue weighted by Crippen LogP contribution is -2.58. The molecule has 0 aliphatic rings. The molecule has 3 amide bonds. The zero-order valence-corrected chi connectivity index (χ0v) is 23.9. The second-order valence-corrected chi connectivity index (χ2v) is 10.8. The van der Waals surface area contributed by atoms with Gasteiger partial charge in [-0.3, -0.25) is 14.4 Å². The van der Waals surface area contributed by atoms with Gasteiger partial charge >= 0.3 is 5.97 Å². The fraction of sp³-hybridized carbons (Fsp3) is 0.448. The first-order valence-electron chi connectivity index (χ1n) is 13.3. The van der Waals surface area contributed by atoms with Crippen molar-refractivity contribution in [3.63, 3.8) is 0 Å². The molecular formula is C29H40N4O6S. The summed E-state index contributed by atoms with van der Waals surface area (Å²) in [5.41, 5.74) is 7.69. The zero-order chi connectivity index (χ0) is 29.7. The maximum Gasteiger partial charge on any atom is 0.326 e. The Hall–Kier alpha value is -3.57. The van der Waals surface area contributed by atoms with Crippen molar-refractivity contribution in [1.82, 2.24) is 16.0 Å². The number of nitrogens with two attached hydrogens (primary N) is 1. The molecule has 0 aliphatic heterocycles. The topological polar surface area (TPSA) is 171 Å². The number of aliphatic carboxylic acids is 1. The summed E-state index contributed by atoms with van der Waals surface area (Å²) < 4.78 is 0. The molecule has 0 saturated heterocycles. The van der Waals surface area contributed by atoms with Crippen LogP contribution in [0.25, 0.3) is 0 Å². The van der Waals surface area contributed by atoms with Crippen LogP contribution in [0.3, 0.4) is 0 Å². The van der Waals surface area contributed by atoms with Crippen LogP contribution in [0, 0.1) is 5.92 Å². The summed E-state index contributed by atoms with van der Waals surface area (Å²) in [4.78, 5) is 51.4. The van der Waals surface area contributed by atoms with Crippen LogP contribution in [0.15, 0.2) is 54.6 Å². The third-order valence-corrected chi connectivity index (χ3v) is 7.31. The number of amides is 3. The van der Waals surface area contributed by atoms with Gasteiger partial charge in [-0.2, -0.15) is 11.8 Å². The Labute approximate surface area is 239 Å². The number of phenols is 1. The van der Waals surface area contributed by atoms with E-state index in [2.05, 4.69) is 16.0 Å².